The number of benzene rings is 3. The third-order valence-electron chi connectivity index (χ3n) is 4.38. The molecule has 0 fully saturated rings. The van der Waals surface area contributed by atoms with Gasteiger partial charge in [0, 0.05) is 12.6 Å². The minimum absolute atomic E-state index is 0.0338. The number of hydrazone groups is 1. The molecular formula is C21H19N3O5S. The first-order chi connectivity index (χ1) is 14.3. The van der Waals surface area contributed by atoms with Crippen LogP contribution in [0.2, 0.25) is 0 Å². The highest BCUT2D eigenvalue weighted by Crippen LogP contribution is 2.21. The van der Waals surface area contributed by atoms with Gasteiger partial charge in [-0.15, -0.1) is 0 Å². The molecule has 1 amide bonds. The van der Waals surface area contributed by atoms with Gasteiger partial charge in [-0.3, -0.25) is 4.79 Å². The average Bonchev–Trinajstić information content (AvgIpc) is 2.73. The first kappa shape index (κ1) is 21.2. The second kappa shape index (κ2) is 8.85. The zero-order chi connectivity index (χ0) is 21.7. The zero-order valence-electron chi connectivity index (χ0n) is 16.0. The van der Waals surface area contributed by atoms with Crippen LogP contribution >= 0.6 is 0 Å². The quantitative estimate of drug-likeness (QED) is 0.445. The SMILES string of the molecule is CN(CC(=O)N/N=C/c1ccccc1C(=O)O)S(=O)(=O)c1ccc2ccccc2c1. The van der Waals surface area contributed by atoms with Crippen LogP contribution in [0.5, 0.6) is 0 Å². The van der Waals surface area contributed by atoms with Gasteiger partial charge in [-0.2, -0.15) is 9.41 Å². The Hall–Kier alpha value is -3.56. The Kier molecular flexibility index (Phi) is 6.24. The summed E-state index contributed by atoms with van der Waals surface area (Å²) in [5, 5.41) is 14.5. The summed E-state index contributed by atoms with van der Waals surface area (Å²) >= 11 is 0. The minimum Gasteiger partial charge on any atom is -0.478 e. The predicted molar refractivity (Wildman–Crippen MR) is 113 cm³/mol. The molecule has 30 heavy (non-hydrogen) atoms. The molecule has 0 aliphatic carbocycles. The number of fused-ring (bicyclic) bond motifs is 1. The Labute approximate surface area is 173 Å². The lowest BCUT2D eigenvalue weighted by molar-refractivity contribution is -0.121. The van der Waals surface area contributed by atoms with E-state index in [2.05, 4.69) is 10.5 Å². The molecule has 3 aromatic rings. The fourth-order valence-corrected chi connectivity index (χ4v) is 3.97. The van der Waals surface area contributed by atoms with Crippen molar-refractivity contribution in [1.82, 2.24) is 9.73 Å². The van der Waals surface area contributed by atoms with Crippen molar-refractivity contribution < 1.29 is 23.1 Å². The summed E-state index contributed by atoms with van der Waals surface area (Å²) in [4.78, 5) is 23.4. The first-order valence-corrected chi connectivity index (χ1v) is 10.3. The fraction of sp³-hybridized carbons (Fsp3) is 0.0952. The van der Waals surface area contributed by atoms with Gasteiger partial charge in [0.15, 0.2) is 0 Å². The topological polar surface area (TPSA) is 116 Å². The first-order valence-electron chi connectivity index (χ1n) is 8.88. The van der Waals surface area contributed by atoms with Gasteiger partial charge >= 0.3 is 5.97 Å². The molecule has 0 heterocycles. The fourth-order valence-electron chi connectivity index (χ4n) is 2.81. The van der Waals surface area contributed by atoms with Crippen molar-refractivity contribution in [2.24, 2.45) is 5.10 Å². The molecule has 2 N–H and O–H groups in total. The van der Waals surface area contributed by atoms with Crippen LogP contribution in [0.25, 0.3) is 10.8 Å². The molecule has 3 aromatic carbocycles. The number of hydrogen-bond donors (Lipinski definition) is 2. The minimum atomic E-state index is -3.88. The maximum atomic E-state index is 12.8. The smallest absolute Gasteiger partial charge is 0.336 e. The number of carboxylic acids is 1. The summed E-state index contributed by atoms with van der Waals surface area (Å²) in [7, 11) is -2.58. The van der Waals surface area contributed by atoms with Gasteiger partial charge < -0.3 is 5.11 Å². The number of amides is 1. The maximum Gasteiger partial charge on any atom is 0.336 e. The van der Waals surface area contributed by atoms with E-state index in [1.54, 1.807) is 24.3 Å². The number of sulfonamides is 1. The van der Waals surface area contributed by atoms with E-state index in [9.17, 15) is 18.0 Å². The number of nitrogens with zero attached hydrogens (tertiary/aromatic N) is 2. The van der Waals surface area contributed by atoms with E-state index in [1.165, 1.54) is 31.5 Å². The molecule has 0 radical (unpaired) electrons. The Morgan fingerprint density at radius 2 is 1.70 bits per heavy atom. The standard InChI is InChI=1S/C21H19N3O5S/c1-24(30(28,29)18-11-10-15-6-2-3-7-16(15)12-18)14-20(25)23-22-13-17-8-4-5-9-19(17)21(26)27/h2-13H,14H2,1H3,(H,23,25)(H,26,27)/b22-13+. The molecule has 8 nitrogen and oxygen atoms in total. The van der Waals surface area contributed by atoms with Crippen LogP contribution in [-0.2, 0) is 14.8 Å². The number of carboxylic acid groups (broad SMARTS) is 1. The van der Waals surface area contributed by atoms with Crippen LogP contribution in [0.4, 0.5) is 0 Å². The van der Waals surface area contributed by atoms with Crippen molar-refractivity contribution in [3.8, 4) is 0 Å². The highest BCUT2D eigenvalue weighted by atomic mass is 32.2. The largest absolute Gasteiger partial charge is 0.478 e. The number of carbonyl (C=O) groups is 2. The zero-order valence-corrected chi connectivity index (χ0v) is 16.8. The van der Waals surface area contributed by atoms with Crippen molar-refractivity contribution in [3.05, 3.63) is 77.9 Å². The van der Waals surface area contributed by atoms with Crippen LogP contribution in [-0.4, -0.2) is 49.5 Å². The highest BCUT2D eigenvalue weighted by molar-refractivity contribution is 7.89. The van der Waals surface area contributed by atoms with Crippen LogP contribution in [0.1, 0.15) is 15.9 Å². The number of rotatable bonds is 7. The third kappa shape index (κ3) is 4.70. The molecule has 0 unspecified atom stereocenters. The molecule has 0 saturated carbocycles. The van der Waals surface area contributed by atoms with Crippen molar-refractivity contribution in [1.29, 1.82) is 0 Å². The molecule has 0 saturated heterocycles. The summed E-state index contributed by atoms with van der Waals surface area (Å²) < 4.78 is 26.5. The number of nitrogens with one attached hydrogen (secondary N) is 1. The average molecular weight is 425 g/mol. The van der Waals surface area contributed by atoms with E-state index in [0.717, 1.165) is 15.1 Å². The predicted octanol–water partition coefficient (Wildman–Crippen LogP) is 2.31. The van der Waals surface area contributed by atoms with Gasteiger partial charge in [0.05, 0.1) is 23.2 Å². The number of hydrogen-bond acceptors (Lipinski definition) is 5. The van der Waals surface area contributed by atoms with Gasteiger partial charge in [-0.1, -0.05) is 48.5 Å². The lowest BCUT2D eigenvalue weighted by atomic mass is 10.1. The van der Waals surface area contributed by atoms with Gasteiger partial charge in [-0.25, -0.2) is 18.6 Å². The Balaban J connectivity index is 1.68. The van der Waals surface area contributed by atoms with Crippen LogP contribution in [0, 0.1) is 0 Å². The van der Waals surface area contributed by atoms with Crippen LogP contribution in [0.3, 0.4) is 0 Å². The number of likely N-dealkylation sites (N-methyl/N-ethyl adjacent to an activating group) is 1. The molecule has 0 atom stereocenters. The van der Waals surface area contributed by atoms with E-state index in [-0.39, 0.29) is 10.5 Å². The second-order valence-electron chi connectivity index (χ2n) is 6.46. The van der Waals surface area contributed by atoms with Gasteiger partial charge in [-0.05, 0) is 29.0 Å². The van der Waals surface area contributed by atoms with Crippen LogP contribution < -0.4 is 5.43 Å². The number of aromatic carboxylic acids is 1. The molecule has 3 rings (SSSR count). The molecule has 154 valence electrons. The van der Waals surface area contributed by atoms with Gasteiger partial charge in [0.2, 0.25) is 10.0 Å². The Bertz CT molecular complexity index is 1240. The normalized spacial score (nSPS) is 11.8. The van der Waals surface area contributed by atoms with E-state index < -0.39 is 28.4 Å². The van der Waals surface area contributed by atoms with Gasteiger partial charge in [0.25, 0.3) is 5.91 Å². The lowest BCUT2D eigenvalue weighted by Crippen LogP contribution is -2.36. The molecule has 9 heteroatoms. The second-order valence-corrected chi connectivity index (χ2v) is 8.50. The summed E-state index contributed by atoms with van der Waals surface area (Å²) in [6, 6.07) is 18.3. The van der Waals surface area contributed by atoms with E-state index in [1.807, 2.05) is 24.3 Å². The monoisotopic (exact) mass is 425 g/mol. The van der Waals surface area contributed by atoms with Crippen LogP contribution in [0.15, 0.2) is 76.7 Å². The third-order valence-corrected chi connectivity index (χ3v) is 6.18. The van der Waals surface area contributed by atoms with Crippen molar-refractivity contribution in [3.63, 3.8) is 0 Å². The molecule has 0 bridgehead atoms. The number of carbonyl (C=O) groups excluding carboxylic acids is 1. The van der Waals surface area contributed by atoms with E-state index in [4.69, 9.17) is 5.11 Å². The summed E-state index contributed by atoms with van der Waals surface area (Å²) in [5.74, 6) is -1.78. The van der Waals surface area contributed by atoms with E-state index >= 15 is 0 Å². The molecule has 0 aliphatic heterocycles. The van der Waals surface area contributed by atoms with E-state index in [0.29, 0.717) is 5.56 Å². The van der Waals surface area contributed by atoms with Crippen molar-refractivity contribution in [2.45, 2.75) is 4.90 Å². The molecule has 0 aliphatic rings. The molecule has 0 aromatic heterocycles. The van der Waals surface area contributed by atoms with Crippen molar-refractivity contribution in [2.75, 3.05) is 13.6 Å². The van der Waals surface area contributed by atoms with Gasteiger partial charge in [0.1, 0.15) is 0 Å². The lowest BCUT2D eigenvalue weighted by Gasteiger charge is -2.16. The molecular weight excluding hydrogens is 406 g/mol. The van der Waals surface area contributed by atoms with Crippen molar-refractivity contribution >= 4 is 38.9 Å². The summed E-state index contributed by atoms with van der Waals surface area (Å²) in [6.07, 6.45) is 1.19. The molecule has 0 spiro atoms. The summed E-state index contributed by atoms with van der Waals surface area (Å²) in [6.45, 7) is -0.451. The Morgan fingerprint density at radius 3 is 2.43 bits per heavy atom. The maximum absolute atomic E-state index is 12.8. The summed E-state index contributed by atoms with van der Waals surface area (Å²) in [5.41, 5.74) is 2.55. The highest BCUT2D eigenvalue weighted by Gasteiger charge is 2.23. The Morgan fingerprint density at radius 1 is 1.03 bits per heavy atom.